The lowest BCUT2D eigenvalue weighted by atomic mass is 10.3. The van der Waals surface area contributed by atoms with Crippen LogP contribution in [0.25, 0.3) is 0 Å². The molecule has 0 saturated heterocycles. The summed E-state index contributed by atoms with van der Waals surface area (Å²) in [5.41, 5.74) is 0.540. The quantitative estimate of drug-likeness (QED) is 0.884. The monoisotopic (exact) mass is 255 g/mol. The Morgan fingerprint density at radius 2 is 1.81 bits per heavy atom. The molecule has 0 radical (unpaired) electrons. The molecule has 0 aliphatic heterocycles. The van der Waals surface area contributed by atoms with Gasteiger partial charge in [0, 0.05) is 5.38 Å². The van der Waals surface area contributed by atoms with Gasteiger partial charge in [-0.3, -0.25) is 4.72 Å². The summed E-state index contributed by atoms with van der Waals surface area (Å²) in [5.74, 6) is 0.0366. The predicted octanol–water partition coefficient (Wildman–Crippen LogP) is 2.25. The SMILES string of the molecule is O=S(=O)(Nc1ccsc1)c1ccc(O)cc1. The third-order valence-corrected chi connectivity index (χ3v) is 4.00. The van der Waals surface area contributed by atoms with Crippen molar-refractivity contribution in [2.45, 2.75) is 4.90 Å². The summed E-state index contributed by atoms with van der Waals surface area (Å²) >= 11 is 1.41. The van der Waals surface area contributed by atoms with Crippen LogP contribution in [0.2, 0.25) is 0 Å². The third-order valence-electron chi connectivity index (χ3n) is 1.92. The largest absolute Gasteiger partial charge is 0.508 e. The van der Waals surface area contributed by atoms with Gasteiger partial charge in [0.2, 0.25) is 0 Å². The van der Waals surface area contributed by atoms with Gasteiger partial charge in [-0.25, -0.2) is 8.42 Å². The van der Waals surface area contributed by atoms with Gasteiger partial charge in [-0.15, -0.1) is 0 Å². The molecule has 1 aromatic carbocycles. The zero-order valence-electron chi connectivity index (χ0n) is 8.12. The van der Waals surface area contributed by atoms with Crippen LogP contribution in [0.15, 0.2) is 46.0 Å². The average Bonchev–Trinajstić information content (AvgIpc) is 2.70. The number of sulfonamides is 1. The lowest BCUT2D eigenvalue weighted by molar-refractivity contribution is 0.475. The van der Waals surface area contributed by atoms with Crippen LogP contribution in [0, 0.1) is 0 Å². The number of hydrogen-bond donors (Lipinski definition) is 2. The Kier molecular flexibility index (Phi) is 2.84. The smallest absolute Gasteiger partial charge is 0.261 e. The highest BCUT2D eigenvalue weighted by molar-refractivity contribution is 7.92. The van der Waals surface area contributed by atoms with E-state index >= 15 is 0 Å². The van der Waals surface area contributed by atoms with E-state index in [1.54, 1.807) is 16.8 Å². The number of rotatable bonds is 3. The molecule has 2 rings (SSSR count). The van der Waals surface area contributed by atoms with Crippen molar-refractivity contribution in [3.8, 4) is 5.75 Å². The number of anilines is 1. The molecular formula is C10H9NO3S2. The molecule has 0 spiro atoms. The molecule has 0 aliphatic carbocycles. The van der Waals surface area contributed by atoms with Crippen molar-refractivity contribution in [3.63, 3.8) is 0 Å². The summed E-state index contributed by atoms with van der Waals surface area (Å²) in [6.45, 7) is 0. The first-order valence-corrected chi connectivity index (χ1v) is 6.84. The van der Waals surface area contributed by atoms with E-state index in [2.05, 4.69) is 4.72 Å². The highest BCUT2D eigenvalue weighted by Gasteiger charge is 2.13. The second kappa shape index (κ2) is 4.15. The molecule has 0 saturated carbocycles. The summed E-state index contributed by atoms with van der Waals surface area (Å²) in [6.07, 6.45) is 0. The maximum absolute atomic E-state index is 11.8. The van der Waals surface area contributed by atoms with Crippen LogP contribution in [-0.4, -0.2) is 13.5 Å². The normalized spacial score (nSPS) is 11.2. The summed E-state index contributed by atoms with van der Waals surface area (Å²) in [7, 11) is -3.55. The Hall–Kier alpha value is -1.53. The van der Waals surface area contributed by atoms with Crippen molar-refractivity contribution in [2.75, 3.05) is 4.72 Å². The van der Waals surface area contributed by atoms with Crippen molar-refractivity contribution in [1.29, 1.82) is 0 Å². The fourth-order valence-corrected chi connectivity index (χ4v) is 2.87. The minimum absolute atomic E-state index is 0.0366. The molecule has 2 aromatic rings. The van der Waals surface area contributed by atoms with Crippen molar-refractivity contribution in [1.82, 2.24) is 0 Å². The maximum Gasteiger partial charge on any atom is 0.261 e. The van der Waals surface area contributed by atoms with Gasteiger partial charge in [-0.1, -0.05) is 0 Å². The van der Waals surface area contributed by atoms with E-state index in [0.717, 1.165) is 0 Å². The lowest BCUT2D eigenvalue weighted by Gasteiger charge is -2.05. The fraction of sp³-hybridized carbons (Fsp3) is 0. The zero-order valence-corrected chi connectivity index (χ0v) is 9.75. The van der Waals surface area contributed by atoms with E-state index in [0.29, 0.717) is 5.69 Å². The van der Waals surface area contributed by atoms with Gasteiger partial charge in [-0.2, -0.15) is 11.3 Å². The molecule has 4 nitrogen and oxygen atoms in total. The molecule has 0 fully saturated rings. The predicted molar refractivity (Wildman–Crippen MR) is 63.2 cm³/mol. The summed E-state index contributed by atoms with van der Waals surface area (Å²) in [4.78, 5) is 0.122. The van der Waals surface area contributed by atoms with E-state index in [1.165, 1.54) is 35.6 Å². The lowest BCUT2D eigenvalue weighted by Crippen LogP contribution is -2.12. The van der Waals surface area contributed by atoms with Gasteiger partial charge in [0.15, 0.2) is 0 Å². The van der Waals surface area contributed by atoms with Gasteiger partial charge < -0.3 is 5.11 Å². The second-order valence-corrected chi connectivity index (χ2v) is 5.57. The second-order valence-electron chi connectivity index (χ2n) is 3.11. The topological polar surface area (TPSA) is 66.4 Å². The molecule has 0 unspecified atom stereocenters. The molecule has 0 atom stereocenters. The molecule has 2 N–H and O–H groups in total. The highest BCUT2D eigenvalue weighted by atomic mass is 32.2. The van der Waals surface area contributed by atoms with E-state index in [1.807, 2.05) is 0 Å². The van der Waals surface area contributed by atoms with Crippen molar-refractivity contribution in [2.24, 2.45) is 0 Å². The van der Waals surface area contributed by atoms with Crippen LogP contribution in [0.3, 0.4) is 0 Å². The van der Waals surface area contributed by atoms with Crippen molar-refractivity contribution in [3.05, 3.63) is 41.1 Å². The van der Waals surface area contributed by atoms with Crippen LogP contribution in [0.4, 0.5) is 5.69 Å². The Bertz CT molecular complexity index is 559. The molecular weight excluding hydrogens is 246 g/mol. The number of thiophene rings is 1. The minimum atomic E-state index is -3.55. The average molecular weight is 255 g/mol. The van der Waals surface area contributed by atoms with E-state index in [9.17, 15) is 8.42 Å². The van der Waals surface area contributed by atoms with Gasteiger partial charge in [0.1, 0.15) is 5.75 Å². The van der Waals surface area contributed by atoms with Gasteiger partial charge in [0.25, 0.3) is 10.0 Å². The highest BCUT2D eigenvalue weighted by Crippen LogP contribution is 2.19. The number of phenolic OH excluding ortho intramolecular Hbond substituents is 1. The van der Waals surface area contributed by atoms with Crippen LogP contribution in [0.5, 0.6) is 5.75 Å². The number of hydrogen-bond acceptors (Lipinski definition) is 4. The van der Waals surface area contributed by atoms with Gasteiger partial charge in [0.05, 0.1) is 10.6 Å². The number of nitrogens with one attached hydrogen (secondary N) is 1. The summed E-state index contributed by atoms with van der Waals surface area (Å²) in [6, 6.07) is 7.06. The van der Waals surface area contributed by atoms with E-state index < -0.39 is 10.0 Å². The number of aromatic hydroxyl groups is 1. The van der Waals surface area contributed by atoms with Crippen molar-refractivity contribution < 1.29 is 13.5 Å². The van der Waals surface area contributed by atoms with Gasteiger partial charge in [-0.05, 0) is 35.7 Å². The summed E-state index contributed by atoms with van der Waals surface area (Å²) < 4.78 is 26.1. The Balaban J connectivity index is 2.29. The first kappa shape index (κ1) is 11.0. The molecule has 16 heavy (non-hydrogen) atoms. The molecule has 6 heteroatoms. The standard InChI is InChI=1S/C10H9NO3S2/c12-9-1-3-10(4-2-9)16(13,14)11-8-5-6-15-7-8/h1-7,11-12H. The van der Waals surface area contributed by atoms with Crippen LogP contribution >= 0.6 is 11.3 Å². The first-order valence-electron chi connectivity index (χ1n) is 4.42. The zero-order chi connectivity index (χ0) is 11.6. The van der Waals surface area contributed by atoms with E-state index in [4.69, 9.17) is 5.11 Å². The molecule has 1 heterocycles. The Morgan fingerprint density at radius 1 is 1.12 bits per heavy atom. The van der Waals surface area contributed by atoms with Gasteiger partial charge >= 0.3 is 0 Å². The molecule has 0 amide bonds. The maximum atomic E-state index is 11.8. The minimum Gasteiger partial charge on any atom is -0.508 e. The van der Waals surface area contributed by atoms with Crippen LogP contribution < -0.4 is 4.72 Å². The third kappa shape index (κ3) is 2.34. The van der Waals surface area contributed by atoms with E-state index in [-0.39, 0.29) is 10.6 Å². The number of benzene rings is 1. The molecule has 0 aliphatic rings. The molecule has 1 aromatic heterocycles. The van der Waals surface area contributed by atoms with Crippen molar-refractivity contribution >= 4 is 27.0 Å². The fourth-order valence-electron chi connectivity index (χ4n) is 1.16. The molecule has 84 valence electrons. The van der Waals surface area contributed by atoms with Crippen LogP contribution in [0.1, 0.15) is 0 Å². The Labute approximate surface area is 97.2 Å². The molecule has 0 bridgehead atoms. The van der Waals surface area contributed by atoms with Crippen LogP contribution in [-0.2, 0) is 10.0 Å². The Morgan fingerprint density at radius 3 is 2.38 bits per heavy atom. The number of phenols is 1. The first-order chi connectivity index (χ1) is 7.58. The summed E-state index contributed by atoms with van der Waals surface area (Å²) in [5, 5.41) is 12.6.